The van der Waals surface area contributed by atoms with Crippen LogP contribution in [-0.4, -0.2) is 49.2 Å². The third-order valence-corrected chi connectivity index (χ3v) is 5.35. The number of rotatable bonds is 7. The summed E-state index contributed by atoms with van der Waals surface area (Å²) >= 11 is 2.24. The number of carbonyl (C=O) groups is 2. The lowest BCUT2D eigenvalue weighted by atomic mass is 9.97. The smallest absolute Gasteiger partial charge is 0.273 e. The van der Waals surface area contributed by atoms with Crippen LogP contribution in [-0.2, 0) is 25.7 Å². The molecule has 8 heteroatoms. The van der Waals surface area contributed by atoms with Crippen LogP contribution in [0.15, 0.2) is 24.3 Å². The standard InChI is InChI=1S/C18H26IN3O4/c1-18(16(23)20-2,17(24)21-26-15-6-4-5-11-25-15)22(3)12-13-7-9-14(19)10-8-13/h7-10,15H,4-6,11-12H2,1-3H3,(H,20,23)(H,21,24)/t15?,18-/m0/s1. The zero-order valence-corrected chi connectivity index (χ0v) is 17.5. The van der Waals surface area contributed by atoms with E-state index in [-0.39, 0.29) is 0 Å². The summed E-state index contributed by atoms with van der Waals surface area (Å²) in [7, 11) is 3.25. The average Bonchev–Trinajstić information content (AvgIpc) is 2.67. The van der Waals surface area contributed by atoms with Crippen LogP contribution in [0.3, 0.4) is 0 Å². The zero-order chi connectivity index (χ0) is 19.2. The maximum Gasteiger partial charge on any atom is 0.273 e. The molecular formula is C18H26IN3O4. The van der Waals surface area contributed by atoms with Crippen molar-refractivity contribution in [3.63, 3.8) is 0 Å². The Morgan fingerprint density at radius 2 is 2.00 bits per heavy atom. The number of halogens is 1. The Balaban J connectivity index is 2.07. The molecule has 144 valence electrons. The second-order valence-electron chi connectivity index (χ2n) is 6.48. The summed E-state index contributed by atoms with van der Waals surface area (Å²) in [4.78, 5) is 32.4. The number of benzene rings is 1. The first kappa shape index (κ1) is 21.1. The van der Waals surface area contributed by atoms with Crippen LogP contribution in [0.25, 0.3) is 0 Å². The minimum Gasteiger partial charge on any atom is -0.357 e. The fraction of sp³-hybridized carbons (Fsp3) is 0.556. The van der Waals surface area contributed by atoms with E-state index in [1.165, 1.54) is 7.05 Å². The Morgan fingerprint density at radius 3 is 2.58 bits per heavy atom. The Kier molecular flexibility index (Phi) is 7.81. The van der Waals surface area contributed by atoms with E-state index in [9.17, 15) is 9.59 Å². The van der Waals surface area contributed by atoms with E-state index in [2.05, 4.69) is 33.4 Å². The number of hydrogen-bond acceptors (Lipinski definition) is 5. The fourth-order valence-electron chi connectivity index (χ4n) is 2.74. The Labute approximate surface area is 167 Å². The van der Waals surface area contributed by atoms with Gasteiger partial charge in [-0.1, -0.05) is 12.1 Å². The number of likely N-dealkylation sites (N-methyl/N-ethyl adjacent to an activating group) is 2. The number of hydroxylamine groups is 1. The number of amides is 2. The largest absolute Gasteiger partial charge is 0.357 e. The van der Waals surface area contributed by atoms with Gasteiger partial charge in [0.15, 0.2) is 11.8 Å². The summed E-state index contributed by atoms with van der Waals surface area (Å²) in [6.07, 6.45) is 2.22. The van der Waals surface area contributed by atoms with E-state index in [4.69, 9.17) is 9.57 Å². The fourth-order valence-corrected chi connectivity index (χ4v) is 3.10. The normalized spacial score (nSPS) is 19.7. The van der Waals surface area contributed by atoms with Gasteiger partial charge in [-0.3, -0.25) is 14.5 Å². The average molecular weight is 475 g/mol. The summed E-state index contributed by atoms with van der Waals surface area (Å²) < 4.78 is 6.57. The second kappa shape index (κ2) is 9.63. The summed E-state index contributed by atoms with van der Waals surface area (Å²) in [6, 6.07) is 7.94. The van der Waals surface area contributed by atoms with Gasteiger partial charge in [0.1, 0.15) is 0 Å². The van der Waals surface area contributed by atoms with Gasteiger partial charge < -0.3 is 10.1 Å². The molecule has 7 nitrogen and oxygen atoms in total. The maximum absolute atomic E-state index is 12.8. The van der Waals surface area contributed by atoms with Crippen molar-refractivity contribution < 1.29 is 19.2 Å². The number of hydrogen-bond donors (Lipinski definition) is 2. The predicted molar refractivity (Wildman–Crippen MR) is 106 cm³/mol. The summed E-state index contributed by atoms with van der Waals surface area (Å²) in [5.41, 5.74) is 2.00. The van der Waals surface area contributed by atoms with Gasteiger partial charge in [-0.05, 0) is 67.1 Å². The zero-order valence-electron chi connectivity index (χ0n) is 15.4. The molecule has 1 saturated heterocycles. The number of carbonyl (C=O) groups excluding carboxylic acids is 2. The van der Waals surface area contributed by atoms with Crippen molar-refractivity contribution in [1.29, 1.82) is 0 Å². The van der Waals surface area contributed by atoms with Crippen molar-refractivity contribution >= 4 is 34.4 Å². The van der Waals surface area contributed by atoms with Crippen LogP contribution in [0.5, 0.6) is 0 Å². The molecule has 26 heavy (non-hydrogen) atoms. The van der Waals surface area contributed by atoms with Crippen molar-refractivity contribution in [3.8, 4) is 0 Å². The van der Waals surface area contributed by atoms with Crippen LogP contribution in [0.1, 0.15) is 31.7 Å². The quantitative estimate of drug-likeness (QED) is 0.357. The number of nitrogens with zero attached hydrogens (tertiary/aromatic N) is 1. The first-order chi connectivity index (χ1) is 12.4. The van der Waals surface area contributed by atoms with Gasteiger partial charge in [0.25, 0.3) is 5.91 Å². The van der Waals surface area contributed by atoms with Crippen molar-refractivity contribution in [2.45, 2.75) is 44.6 Å². The van der Waals surface area contributed by atoms with E-state index in [1.54, 1.807) is 18.9 Å². The molecule has 2 N–H and O–H groups in total. The molecule has 1 aromatic carbocycles. The molecule has 0 saturated carbocycles. The lowest BCUT2D eigenvalue weighted by molar-refractivity contribution is -0.205. The van der Waals surface area contributed by atoms with Gasteiger partial charge >= 0.3 is 0 Å². The molecule has 1 aliphatic rings. The van der Waals surface area contributed by atoms with E-state index in [0.717, 1.165) is 28.4 Å². The molecular weight excluding hydrogens is 449 g/mol. The van der Waals surface area contributed by atoms with Crippen molar-refractivity contribution in [2.75, 3.05) is 20.7 Å². The molecule has 1 heterocycles. The molecule has 0 aliphatic carbocycles. The third-order valence-electron chi connectivity index (χ3n) is 4.63. The van der Waals surface area contributed by atoms with Gasteiger partial charge in [-0.15, -0.1) is 0 Å². The first-order valence-electron chi connectivity index (χ1n) is 8.63. The van der Waals surface area contributed by atoms with Crippen molar-refractivity contribution in [3.05, 3.63) is 33.4 Å². The maximum atomic E-state index is 12.8. The first-order valence-corrected chi connectivity index (χ1v) is 9.71. The predicted octanol–water partition coefficient (Wildman–Crippen LogP) is 1.80. The molecule has 0 bridgehead atoms. The van der Waals surface area contributed by atoms with Crippen molar-refractivity contribution in [1.82, 2.24) is 15.7 Å². The SMILES string of the molecule is CNC(=O)[C@@](C)(C(=O)NOC1CCCCO1)N(C)Cc1ccc(I)cc1. The van der Waals surface area contributed by atoms with Crippen LogP contribution >= 0.6 is 22.6 Å². The molecule has 0 spiro atoms. The highest BCUT2D eigenvalue weighted by molar-refractivity contribution is 14.1. The molecule has 1 unspecified atom stereocenters. The van der Waals surface area contributed by atoms with Gasteiger partial charge in [-0.2, -0.15) is 0 Å². The number of nitrogens with one attached hydrogen (secondary N) is 2. The number of ether oxygens (including phenoxy) is 1. The minimum atomic E-state index is -1.42. The van der Waals surface area contributed by atoms with E-state index >= 15 is 0 Å². The highest BCUT2D eigenvalue weighted by Gasteiger charge is 2.45. The summed E-state index contributed by atoms with van der Waals surface area (Å²) in [6.45, 7) is 2.63. The van der Waals surface area contributed by atoms with Gasteiger partial charge in [-0.25, -0.2) is 10.3 Å². The highest BCUT2D eigenvalue weighted by atomic mass is 127. The van der Waals surface area contributed by atoms with Gasteiger partial charge in [0.2, 0.25) is 5.91 Å². The van der Waals surface area contributed by atoms with E-state index in [1.807, 2.05) is 24.3 Å². The Hall–Kier alpha value is -1.23. The van der Waals surface area contributed by atoms with Crippen LogP contribution in [0, 0.1) is 3.57 Å². The lowest BCUT2D eigenvalue weighted by Crippen LogP contribution is -2.63. The summed E-state index contributed by atoms with van der Waals surface area (Å²) in [5, 5.41) is 2.57. The van der Waals surface area contributed by atoms with E-state index < -0.39 is 23.6 Å². The topological polar surface area (TPSA) is 79.9 Å². The van der Waals surface area contributed by atoms with Crippen molar-refractivity contribution in [2.24, 2.45) is 0 Å². The van der Waals surface area contributed by atoms with Crippen LogP contribution < -0.4 is 10.8 Å². The van der Waals surface area contributed by atoms with Gasteiger partial charge in [0.05, 0.1) is 0 Å². The molecule has 0 aromatic heterocycles. The van der Waals surface area contributed by atoms with Gasteiger partial charge in [0, 0.05) is 30.2 Å². The van der Waals surface area contributed by atoms with Crippen LogP contribution in [0.4, 0.5) is 0 Å². The Morgan fingerprint density at radius 1 is 1.31 bits per heavy atom. The minimum absolute atomic E-state index is 0.406. The molecule has 2 rings (SSSR count). The molecule has 2 amide bonds. The summed E-state index contributed by atoms with van der Waals surface area (Å²) in [5.74, 6) is -0.935. The highest BCUT2D eigenvalue weighted by Crippen LogP contribution is 2.19. The molecule has 1 fully saturated rings. The molecule has 2 atom stereocenters. The molecule has 1 aromatic rings. The van der Waals surface area contributed by atoms with Crippen LogP contribution in [0.2, 0.25) is 0 Å². The third kappa shape index (κ3) is 5.15. The molecule has 1 aliphatic heterocycles. The molecule has 0 radical (unpaired) electrons. The lowest BCUT2D eigenvalue weighted by Gasteiger charge is -2.36. The second-order valence-corrected chi connectivity index (χ2v) is 7.72. The van der Waals surface area contributed by atoms with E-state index in [0.29, 0.717) is 13.2 Å². The Bertz CT molecular complexity index is 619. The monoisotopic (exact) mass is 475 g/mol.